The number of anilines is 1. The Labute approximate surface area is 160 Å². The fourth-order valence-corrected chi connectivity index (χ4v) is 3.34. The van der Waals surface area contributed by atoms with Crippen LogP contribution in [0.3, 0.4) is 0 Å². The lowest BCUT2D eigenvalue weighted by Crippen LogP contribution is -2.31. The molecule has 0 saturated heterocycles. The highest BCUT2D eigenvalue weighted by Crippen LogP contribution is 2.34. The van der Waals surface area contributed by atoms with E-state index in [2.05, 4.69) is 15.3 Å². The van der Waals surface area contributed by atoms with E-state index in [1.807, 2.05) is 12.1 Å². The summed E-state index contributed by atoms with van der Waals surface area (Å²) >= 11 is 0. The molecule has 0 radical (unpaired) electrons. The monoisotopic (exact) mass is 379 g/mol. The second-order valence-corrected chi connectivity index (χ2v) is 6.67. The van der Waals surface area contributed by atoms with E-state index in [4.69, 9.17) is 4.74 Å². The zero-order chi connectivity index (χ0) is 19.7. The van der Waals surface area contributed by atoms with Crippen molar-refractivity contribution in [2.24, 2.45) is 0 Å². The van der Waals surface area contributed by atoms with Crippen LogP contribution in [0.1, 0.15) is 34.9 Å². The number of carbonyl (C=O) groups is 1. The second-order valence-electron chi connectivity index (χ2n) is 6.67. The van der Waals surface area contributed by atoms with Gasteiger partial charge in [0, 0.05) is 17.9 Å². The number of ether oxygens (including phenoxy) is 1. The molecule has 6 nitrogen and oxygen atoms in total. The number of nitrogens with one attached hydrogen (secondary N) is 2. The highest BCUT2D eigenvalue weighted by molar-refractivity contribution is 5.94. The molecule has 2 aromatic carbocycles. The van der Waals surface area contributed by atoms with Gasteiger partial charge in [0.05, 0.1) is 5.56 Å². The first kappa shape index (κ1) is 17.9. The predicted molar refractivity (Wildman–Crippen MR) is 102 cm³/mol. The van der Waals surface area contributed by atoms with Gasteiger partial charge in [-0.2, -0.15) is 0 Å². The summed E-state index contributed by atoms with van der Waals surface area (Å²) < 4.78 is 19.3. The maximum Gasteiger partial charge on any atom is 0.256 e. The maximum atomic E-state index is 13.7. The van der Waals surface area contributed by atoms with Gasteiger partial charge >= 0.3 is 0 Å². The highest BCUT2D eigenvalue weighted by atomic mass is 19.1. The number of amides is 1. The fourth-order valence-electron chi connectivity index (χ4n) is 3.34. The molecule has 0 fully saturated rings. The van der Waals surface area contributed by atoms with E-state index >= 15 is 0 Å². The van der Waals surface area contributed by atoms with Crippen molar-refractivity contribution in [1.29, 1.82) is 0 Å². The standard InChI is InChI=1S/C21H18FN3O3/c1-12-23-20-19(21(27)24-12)16(10-18(26)25-20)13-6-8-15(9-7-13)28-11-14-4-2-3-5-17(14)22/h2-9,16H,10-11H2,1H3,(H2,23,24,25,26,27)/t16-/m1/s1. The largest absolute Gasteiger partial charge is 0.489 e. The summed E-state index contributed by atoms with van der Waals surface area (Å²) in [6, 6.07) is 13.6. The number of hydrogen-bond acceptors (Lipinski definition) is 4. The van der Waals surface area contributed by atoms with Crippen LogP contribution in [0.15, 0.2) is 53.3 Å². The maximum absolute atomic E-state index is 13.7. The lowest BCUT2D eigenvalue weighted by molar-refractivity contribution is -0.116. The molecular formula is C21H18FN3O3. The van der Waals surface area contributed by atoms with Gasteiger partial charge in [-0.25, -0.2) is 9.37 Å². The first-order chi connectivity index (χ1) is 13.5. The molecule has 4 rings (SSSR count). The van der Waals surface area contributed by atoms with Crippen LogP contribution in [0.2, 0.25) is 0 Å². The number of halogens is 1. The minimum atomic E-state index is -0.388. The van der Waals surface area contributed by atoms with Gasteiger partial charge in [-0.3, -0.25) is 9.59 Å². The number of aromatic amines is 1. The Morgan fingerprint density at radius 1 is 1.14 bits per heavy atom. The van der Waals surface area contributed by atoms with Crippen molar-refractivity contribution in [1.82, 2.24) is 9.97 Å². The number of nitrogens with zero attached hydrogens (tertiary/aromatic N) is 1. The minimum absolute atomic E-state index is 0.115. The van der Waals surface area contributed by atoms with Crippen molar-refractivity contribution < 1.29 is 13.9 Å². The van der Waals surface area contributed by atoms with Crippen molar-refractivity contribution >= 4 is 11.7 Å². The van der Waals surface area contributed by atoms with Crippen LogP contribution >= 0.6 is 0 Å². The number of benzene rings is 2. The Hall–Kier alpha value is -3.48. The third-order valence-corrected chi connectivity index (χ3v) is 4.70. The van der Waals surface area contributed by atoms with Gasteiger partial charge in [0.1, 0.15) is 29.8 Å². The van der Waals surface area contributed by atoms with Gasteiger partial charge in [-0.05, 0) is 30.7 Å². The van der Waals surface area contributed by atoms with Crippen molar-refractivity contribution in [2.75, 3.05) is 5.32 Å². The molecule has 2 N–H and O–H groups in total. The van der Waals surface area contributed by atoms with Gasteiger partial charge in [0.25, 0.3) is 5.56 Å². The SMILES string of the molecule is Cc1nc2c(c(=O)[nH]1)[C@@H](c1ccc(OCc3ccccc3F)cc1)CC(=O)N2. The molecule has 7 heteroatoms. The molecule has 1 aromatic heterocycles. The summed E-state index contributed by atoms with van der Waals surface area (Å²) in [5.41, 5.74) is 1.47. The molecule has 0 aliphatic carbocycles. The third kappa shape index (κ3) is 3.51. The molecular weight excluding hydrogens is 361 g/mol. The van der Waals surface area contributed by atoms with Crippen molar-refractivity contribution in [3.63, 3.8) is 0 Å². The molecule has 142 valence electrons. The fraction of sp³-hybridized carbons (Fsp3) is 0.190. The van der Waals surface area contributed by atoms with E-state index in [1.165, 1.54) is 6.07 Å². The summed E-state index contributed by atoms with van der Waals surface area (Å²) in [5.74, 6) is 0.439. The number of H-pyrrole nitrogens is 1. The molecule has 0 unspecified atom stereocenters. The van der Waals surface area contributed by atoms with Crippen LogP contribution in [0, 0.1) is 12.7 Å². The van der Waals surface area contributed by atoms with E-state index in [1.54, 1.807) is 37.3 Å². The molecule has 0 bridgehead atoms. The minimum Gasteiger partial charge on any atom is -0.489 e. The molecule has 0 spiro atoms. The van der Waals surface area contributed by atoms with Gasteiger partial charge in [0.2, 0.25) is 5.91 Å². The first-order valence-electron chi connectivity index (χ1n) is 8.88. The molecule has 1 aliphatic rings. The summed E-state index contributed by atoms with van der Waals surface area (Å²) in [6.07, 6.45) is 0.163. The number of hydrogen-bond donors (Lipinski definition) is 2. The van der Waals surface area contributed by atoms with Crippen LogP contribution in [-0.4, -0.2) is 15.9 Å². The smallest absolute Gasteiger partial charge is 0.256 e. The second kappa shape index (κ2) is 7.26. The number of fused-ring (bicyclic) bond motifs is 1. The predicted octanol–water partition coefficient (Wildman–Crippen LogP) is 3.27. The molecule has 2 heterocycles. The zero-order valence-corrected chi connectivity index (χ0v) is 15.2. The summed E-state index contributed by atoms with van der Waals surface area (Å²) in [4.78, 5) is 31.4. The number of rotatable bonds is 4. The number of aromatic nitrogens is 2. The number of aryl methyl sites for hydroxylation is 1. The van der Waals surface area contributed by atoms with Crippen molar-refractivity contribution in [3.8, 4) is 5.75 Å². The van der Waals surface area contributed by atoms with Gasteiger partial charge in [0.15, 0.2) is 0 Å². The average Bonchev–Trinajstić information content (AvgIpc) is 2.66. The van der Waals surface area contributed by atoms with Crippen LogP contribution < -0.4 is 15.6 Å². The Bertz CT molecular complexity index is 1090. The lowest BCUT2D eigenvalue weighted by atomic mass is 9.87. The zero-order valence-electron chi connectivity index (χ0n) is 15.2. The van der Waals surface area contributed by atoms with Gasteiger partial charge in [-0.15, -0.1) is 0 Å². The Kier molecular flexibility index (Phi) is 4.65. The topological polar surface area (TPSA) is 84.1 Å². The van der Waals surface area contributed by atoms with E-state index in [-0.39, 0.29) is 36.2 Å². The van der Waals surface area contributed by atoms with Crippen LogP contribution in [-0.2, 0) is 11.4 Å². The van der Waals surface area contributed by atoms with Crippen molar-refractivity contribution in [2.45, 2.75) is 25.9 Å². The molecule has 1 amide bonds. The summed E-state index contributed by atoms with van der Waals surface area (Å²) in [6.45, 7) is 1.78. The van der Waals surface area contributed by atoms with Gasteiger partial charge in [-0.1, -0.05) is 30.3 Å². The molecule has 3 aromatic rings. The van der Waals surface area contributed by atoms with Crippen LogP contribution in [0.4, 0.5) is 10.2 Å². The Morgan fingerprint density at radius 3 is 2.64 bits per heavy atom. The normalized spacial score (nSPS) is 15.6. The average molecular weight is 379 g/mol. The van der Waals surface area contributed by atoms with E-state index < -0.39 is 0 Å². The quantitative estimate of drug-likeness (QED) is 0.729. The summed E-state index contributed by atoms with van der Waals surface area (Å²) in [7, 11) is 0. The third-order valence-electron chi connectivity index (χ3n) is 4.70. The molecule has 0 saturated carbocycles. The lowest BCUT2D eigenvalue weighted by Gasteiger charge is -2.24. The van der Waals surface area contributed by atoms with Crippen LogP contribution in [0.25, 0.3) is 0 Å². The molecule has 1 aliphatic heterocycles. The number of carbonyl (C=O) groups excluding carboxylic acids is 1. The first-order valence-corrected chi connectivity index (χ1v) is 8.88. The van der Waals surface area contributed by atoms with Crippen molar-refractivity contribution in [3.05, 3.63) is 87.2 Å². The molecule has 1 atom stereocenters. The van der Waals surface area contributed by atoms with E-state index in [9.17, 15) is 14.0 Å². The van der Waals surface area contributed by atoms with Gasteiger partial charge < -0.3 is 15.0 Å². The van der Waals surface area contributed by atoms with Crippen LogP contribution in [0.5, 0.6) is 5.75 Å². The Morgan fingerprint density at radius 2 is 1.89 bits per heavy atom. The summed E-state index contributed by atoms with van der Waals surface area (Å²) in [5, 5.41) is 2.67. The molecule has 28 heavy (non-hydrogen) atoms. The Balaban J connectivity index is 1.57. The highest BCUT2D eigenvalue weighted by Gasteiger charge is 2.30. The van der Waals surface area contributed by atoms with E-state index in [0.717, 1.165) is 5.56 Å². The van der Waals surface area contributed by atoms with E-state index in [0.29, 0.717) is 28.5 Å².